The second kappa shape index (κ2) is 5.40. The molecule has 1 heterocycles. The summed E-state index contributed by atoms with van der Waals surface area (Å²) < 4.78 is 0. The summed E-state index contributed by atoms with van der Waals surface area (Å²) in [5, 5.41) is 6.20. The van der Waals surface area contributed by atoms with Crippen molar-refractivity contribution in [3.8, 4) is 12.3 Å². The van der Waals surface area contributed by atoms with Crippen LogP contribution in [-0.2, 0) is 11.2 Å². The van der Waals surface area contributed by atoms with E-state index in [1.807, 2.05) is 18.2 Å². The lowest BCUT2D eigenvalue weighted by Crippen LogP contribution is -2.14. The maximum Gasteiger partial charge on any atom is 0.225 e. The van der Waals surface area contributed by atoms with Gasteiger partial charge in [-0.05, 0) is 36.6 Å². The Labute approximate surface area is 102 Å². The van der Waals surface area contributed by atoms with Gasteiger partial charge in [0.25, 0.3) is 0 Å². The first-order chi connectivity index (χ1) is 8.29. The van der Waals surface area contributed by atoms with Crippen molar-refractivity contribution in [1.82, 2.24) is 0 Å². The van der Waals surface area contributed by atoms with Crippen molar-refractivity contribution >= 4 is 17.3 Å². The molecule has 0 aromatic heterocycles. The highest BCUT2D eigenvalue weighted by Gasteiger charge is 2.09. The number of terminal acetylenes is 1. The van der Waals surface area contributed by atoms with Gasteiger partial charge in [-0.2, -0.15) is 0 Å². The molecule has 0 radical (unpaired) electrons. The van der Waals surface area contributed by atoms with Crippen LogP contribution in [0.1, 0.15) is 24.8 Å². The number of rotatable bonds is 3. The molecule has 0 fully saturated rings. The Hall–Kier alpha value is -1.95. The Bertz CT molecular complexity index is 460. The third-order valence-electron chi connectivity index (χ3n) is 2.82. The second-order valence-electron chi connectivity index (χ2n) is 4.15. The van der Waals surface area contributed by atoms with E-state index in [2.05, 4.69) is 16.6 Å². The summed E-state index contributed by atoms with van der Waals surface area (Å²) in [5.41, 5.74) is 3.30. The Morgan fingerprint density at radius 2 is 2.41 bits per heavy atom. The maximum atomic E-state index is 11.5. The van der Waals surface area contributed by atoms with Crippen molar-refractivity contribution in [3.63, 3.8) is 0 Å². The van der Waals surface area contributed by atoms with Crippen LogP contribution < -0.4 is 10.6 Å². The Balaban J connectivity index is 2.02. The first kappa shape index (κ1) is 11.5. The van der Waals surface area contributed by atoms with E-state index >= 15 is 0 Å². The number of amides is 1. The van der Waals surface area contributed by atoms with Crippen molar-refractivity contribution in [2.24, 2.45) is 0 Å². The summed E-state index contributed by atoms with van der Waals surface area (Å²) >= 11 is 0. The van der Waals surface area contributed by atoms with Crippen LogP contribution in [0, 0.1) is 12.3 Å². The fourth-order valence-corrected chi connectivity index (χ4v) is 1.96. The number of anilines is 2. The molecule has 3 heteroatoms. The van der Waals surface area contributed by atoms with E-state index < -0.39 is 0 Å². The van der Waals surface area contributed by atoms with E-state index in [1.165, 1.54) is 11.3 Å². The minimum Gasteiger partial charge on any atom is -0.385 e. The van der Waals surface area contributed by atoms with Gasteiger partial charge in [-0.25, -0.2) is 0 Å². The molecular formula is C14H16N2O. The molecule has 2 rings (SSSR count). The van der Waals surface area contributed by atoms with E-state index in [4.69, 9.17) is 6.42 Å². The number of carbonyl (C=O) groups excluding carboxylic acids is 1. The van der Waals surface area contributed by atoms with Gasteiger partial charge in [-0.15, -0.1) is 12.3 Å². The predicted octanol–water partition coefficient (Wildman–Crippen LogP) is 2.40. The average Bonchev–Trinajstić information content (AvgIpc) is 2.36. The zero-order valence-electron chi connectivity index (χ0n) is 9.75. The van der Waals surface area contributed by atoms with Crippen LogP contribution in [-0.4, -0.2) is 12.5 Å². The van der Waals surface area contributed by atoms with Crippen molar-refractivity contribution in [2.45, 2.75) is 25.7 Å². The van der Waals surface area contributed by atoms with Crippen LogP contribution in [0.5, 0.6) is 0 Å². The monoisotopic (exact) mass is 228 g/mol. The molecule has 0 atom stereocenters. The standard InChI is InChI=1S/C14H16N2O/c1-2-3-6-14(17)16-12-7-8-13-11(10-12)5-4-9-15-13/h1,7-8,10,15H,3-6,9H2,(H,16,17). The molecule has 0 spiro atoms. The molecule has 88 valence electrons. The van der Waals surface area contributed by atoms with Crippen LogP contribution in [0.4, 0.5) is 11.4 Å². The molecule has 0 saturated carbocycles. The Morgan fingerprint density at radius 1 is 1.53 bits per heavy atom. The molecule has 0 aliphatic carbocycles. The molecular weight excluding hydrogens is 212 g/mol. The van der Waals surface area contributed by atoms with Gasteiger partial charge in [-0.1, -0.05) is 0 Å². The molecule has 1 amide bonds. The number of nitrogens with one attached hydrogen (secondary N) is 2. The highest BCUT2D eigenvalue weighted by atomic mass is 16.1. The van der Waals surface area contributed by atoms with Crippen LogP contribution >= 0.6 is 0 Å². The molecule has 0 saturated heterocycles. The van der Waals surface area contributed by atoms with Gasteiger partial charge in [0.2, 0.25) is 5.91 Å². The minimum atomic E-state index is -0.0216. The van der Waals surface area contributed by atoms with Gasteiger partial charge in [0.1, 0.15) is 0 Å². The van der Waals surface area contributed by atoms with Crippen LogP contribution in [0.25, 0.3) is 0 Å². The molecule has 1 aromatic carbocycles. The molecule has 2 N–H and O–H groups in total. The Morgan fingerprint density at radius 3 is 3.24 bits per heavy atom. The molecule has 0 unspecified atom stereocenters. The Kier molecular flexibility index (Phi) is 3.66. The average molecular weight is 228 g/mol. The molecule has 1 aliphatic heterocycles. The lowest BCUT2D eigenvalue weighted by Gasteiger charge is -2.18. The number of aryl methyl sites for hydroxylation is 1. The molecule has 1 aliphatic rings. The van der Waals surface area contributed by atoms with Crippen LogP contribution in [0.2, 0.25) is 0 Å². The van der Waals surface area contributed by atoms with E-state index in [0.717, 1.165) is 25.1 Å². The number of benzene rings is 1. The van der Waals surface area contributed by atoms with Crippen molar-refractivity contribution in [1.29, 1.82) is 0 Å². The number of carbonyl (C=O) groups is 1. The number of fused-ring (bicyclic) bond motifs is 1. The third-order valence-corrected chi connectivity index (χ3v) is 2.82. The second-order valence-corrected chi connectivity index (χ2v) is 4.15. The third kappa shape index (κ3) is 3.01. The van der Waals surface area contributed by atoms with Crippen LogP contribution in [0.3, 0.4) is 0 Å². The van der Waals surface area contributed by atoms with Crippen molar-refractivity contribution in [3.05, 3.63) is 23.8 Å². The fraction of sp³-hybridized carbons (Fsp3) is 0.357. The summed E-state index contributed by atoms with van der Waals surface area (Å²) in [6.07, 6.45) is 8.19. The SMILES string of the molecule is C#CCCC(=O)Nc1ccc2c(c1)CCCN2. The smallest absolute Gasteiger partial charge is 0.225 e. The minimum absolute atomic E-state index is 0.0216. The number of hydrogen-bond donors (Lipinski definition) is 2. The highest BCUT2D eigenvalue weighted by molar-refractivity contribution is 5.91. The zero-order valence-corrected chi connectivity index (χ0v) is 9.75. The molecule has 1 aromatic rings. The molecule has 17 heavy (non-hydrogen) atoms. The van der Waals surface area contributed by atoms with E-state index in [-0.39, 0.29) is 5.91 Å². The lowest BCUT2D eigenvalue weighted by molar-refractivity contribution is -0.116. The van der Waals surface area contributed by atoms with Crippen molar-refractivity contribution in [2.75, 3.05) is 17.2 Å². The topological polar surface area (TPSA) is 41.1 Å². The maximum absolute atomic E-state index is 11.5. The normalized spacial score (nSPS) is 13.1. The van der Waals surface area contributed by atoms with Gasteiger partial charge in [0.05, 0.1) is 0 Å². The summed E-state index contributed by atoms with van der Waals surface area (Å²) in [6.45, 7) is 1.03. The van der Waals surface area contributed by atoms with Crippen molar-refractivity contribution < 1.29 is 4.79 Å². The van der Waals surface area contributed by atoms with E-state index in [9.17, 15) is 4.79 Å². The summed E-state index contributed by atoms with van der Waals surface area (Å²) in [6, 6.07) is 5.98. The van der Waals surface area contributed by atoms with Gasteiger partial charge >= 0.3 is 0 Å². The summed E-state index contributed by atoms with van der Waals surface area (Å²) in [5.74, 6) is 2.44. The molecule has 3 nitrogen and oxygen atoms in total. The summed E-state index contributed by atoms with van der Waals surface area (Å²) in [4.78, 5) is 11.5. The molecule has 0 bridgehead atoms. The van der Waals surface area contributed by atoms with Gasteiger partial charge in [-0.3, -0.25) is 4.79 Å². The number of hydrogen-bond acceptors (Lipinski definition) is 2. The van der Waals surface area contributed by atoms with Gasteiger partial charge in [0, 0.05) is 30.8 Å². The first-order valence-corrected chi connectivity index (χ1v) is 5.90. The van der Waals surface area contributed by atoms with E-state index in [0.29, 0.717) is 12.8 Å². The first-order valence-electron chi connectivity index (χ1n) is 5.90. The quantitative estimate of drug-likeness (QED) is 0.780. The summed E-state index contributed by atoms with van der Waals surface area (Å²) in [7, 11) is 0. The van der Waals surface area contributed by atoms with Crippen LogP contribution in [0.15, 0.2) is 18.2 Å². The largest absolute Gasteiger partial charge is 0.385 e. The predicted molar refractivity (Wildman–Crippen MR) is 69.9 cm³/mol. The van der Waals surface area contributed by atoms with Gasteiger partial charge < -0.3 is 10.6 Å². The zero-order chi connectivity index (χ0) is 12.1. The highest BCUT2D eigenvalue weighted by Crippen LogP contribution is 2.25. The van der Waals surface area contributed by atoms with Gasteiger partial charge in [0.15, 0.2) is 0 Å². The lowest BCUT2D eigenvalue weighted by atomic mass is 10.0. The van der Waals surface area contributed by atoms with E-state index in [1.54, 1.807) is 0 Å². The fourth-order valence-electron chi connectivity index (χ4n) is 1.96.